The first kappa shape index (κ1) is 83.3. The maximum absolute atomic E-state index is 5.35. The first-order valence-electron chi connectivity index (χ1n) is 48.6. The molecule has 3 aliphatic carbocycles. The highest BCUT2D eigenvalue weighted by atomic mass is 15.2. The van der Waals surface area contributed by atoms with Gasteiger partial charge in [-0.25, -0.2) is 29.9 Å². The highest BCUT2D eigenvalue weighted by Crippen LogP contribution is 2.61. The number of benzene rings is 17. The summed E-state index contributed by atoms with van der Waals surface area (Å²) in [5.41, 5.74) is 37.1. The van der Waals surface area contributed by atoms with Gasteiger partial charge in [-0.15, -0.1) is 0 Å². The quantitative estimate of drug-likeness (QED) is 0.131. The van der Waals surface area contributed by atoms with Crippen molar-refractivity contribution in [2.45, 2.75) is 57.8 Å². The fraction of sp³-hybridized carbons (Fsp3) is 0.0692. The number of aromatic nitrogens is 12. The fourth-order valence-corrected chi connectivity index (χ4v) is 23.8. The SMILES string of the molecule is CC1(C)c2ccccc2-c2c1c1cnccc1c1c3ccccc3n(-c3ccc(-c4cc(-c5ccccc5)nc(-c5ccccc5)n4)cc3)c21.CC1(C)c2ccccc2-c2c1c1cnccc1c1c3ccccc3n(-c3cccc(-c4cc(-c5ccccc5)nc(-c5ccccc5)n4)c3)c21.CC1(C)c2ccccc2-c2c1c1cnccc1c1c3ccccc3n(-c3nc(-c4ccccc4)c4ccccc4n3)c21. The summed E-state index contributed by atoms with van der Waals surface area (Å²) in [6.45, 7) is 14.1. The molecule has 3 aliphatic rings. The van der Waals surface area contributed by atoms with Crippen LogP contribution in [0.1, 0.15) is 74.9 Å². The van der Waals surface area contributed by atoms with Crippen LogP contribution in [0.2, 0.25) is 0 Å². The smallest absolute Gasteiger partial charge is 0.235 e. The van der Waals surface area contributed by atoms with Gasteiger partial charge in [-0.3, -0.25) is 19.5 Å². The lowest BCUT2D eigenvalue weighted by molar-refractivity contribution is 0.666. The average molecular weight is 1820 g/mol. The molecule has 0 saturated carbocycles. The van der Waals surface area contributed by atoms with Crippen molar-refractivity contribution < 1.29 is 0 Å². The van der Waals surface area contributed by atoms with Gasteiger partial charge in [-0.1, -0.05) is 363 Å². The molecule has 0 aliphatic heterocycles. The molecule has 670 valence electrons. The molecule has 17 aromatic carbocycles. The van der Waals surface area contributed by atoms with Gasteiger partial charge in [0, 0.05) is 174 Å². The van der Waals surface area contributed by atoms with Gasteiger partial charge in [0.15, 0.2) is 11.6 Å². The number of para-hydroxylation sites is 4. The summed E-state index contributed by atoms with van der Waals surface area (Å²) < 4.78 is 7.25. The topological polar surface area (TPSA) is 131 Å². The zero-order valence-corrected chi connectivity index (χ0v) is 78.9. The number of hydrogen-bond acceptors (Lipinski definition) is 9. The molecule has 0 unspecified atom stereocenters. The standard InChI is InChI=1S/2C46H32N4.C38H26N4/c1-46(2)37-22-11-9-20-34(37)42-43(46)36-28-47-25-24-33(36)41-35-21-10-12-23-40(35)50(44(41)42)32-19-13-18-31(26-32)39-27-38(29-14-5-3-6-15-29)48-45(49-39)30-16-7-4-8-17-30;1-46(2)37-19-11-9-17-34(37)42-43(46)36-28-47-26-25-33(36)41-35-18-10-12-20-40(35)50(44(41)42)32-23-21-30(22-24-32)39-27-38(29-13-5-3-6-14-29)48-45(49-39)31-15-7-4-8-16-31;1-38(2)29-17-9-6-14-25(29)33-34(38)28-22-39-21-20-24(28)32-27-16-8-11-19-31(27)42(36(32)33)37-40-30-18-10-7-15-26(30)35(41-37)23-12-4-3-5-13-23/h2*3-28H,1-2H3;3-22H,1-2H3. The molecule has 0 bridgehead atoms. The second-order valence-electron chi connectivity index (χ2n) is 39.0. The maximum atomic E-state index is 5.35. The third-order valence-corrected chi connectivity index (χ3v) is 30.0. The normalized spacial score (nSPS) is 13.3. The van der Waals surface area contributed by atoms with Crippen molar-refractivity contribution in [1.29, 1.82) is 0 Å². The summed E-state index contributed by atoms with van der Waals surface area (Å²) in [7, 11) is 0. The van der Waals surface area contributed by atoms with Crippen molar-refractivity contribution in [3.63, 3.8) is 0 Å². The van der Waals surface area contributed by atoms with Crippen LogP contribution < -0.4 is 0 Å². The van der Waals surface area contributed by atoms with E-state index in [1.54, 1.807) is 0 Å². The molecular formula is C130H90N12. The van der Waals surface area contributed by atoms with E-state index in [0.717, 1.165) is 101 Å². The summed E-state index contributed by atoms with van der Waals surface area (Å²) in [5.74, 6) is 2.10. The van der Waals surface area contributed by atoms with Crippen LogP contribution in [0.5, 0.6) is 0 Å². The van der Waals surface area contributed by atoms with Crippen molar-refractivity contribution in [1.82, 2.24) is 58.6 Å². The number of fused-ring (bicyclic) bond motifs is 31. The highest BCUT2D eigenvalue weighted by molar-refractivity contribution is 6.30. The molecule has 0 radical (unpaired) electrons. The van der Waals surface area contributed by atoms with E-state index in [4.69, 9.17) is 29.9 Å². The Kier molecular flexibility index (Phi) is 19.1. The minimum Gasteiger partial charge on any atom is -0.309 e. The van der Waals surface area contributed by atoms with Crippen LogP contribution in [0.3, 0.4) is 0 Å². The van der Waals surface area contributed by atoms with E-state index in [0.29, 0.717) is 17.6 Å². The molecule has 29 rings (SSSR count). The third-order valence-electron chi connectivity index (χ3n) is 30.0. The van der Waals surface area contributed by atoms with Crippen molar-refractivity contribution in [3.8, 4) is 130 Å². The third kappa shape index (κ3) is 12.9. The predicted octanol–water partition coefficient (Wildman–Crippen LogP) is 32.1. The van der Waals surface area contributed by atoms with E-state index in [1.165, 1.54) is 153 Å². The minimum absolute atomic E-state index is 0.174. The molecule has 0 saturated heterocycles. The molecular weight excluding hydrogens is 1730 g/mol. The zero-order valence-electron chi connectivity index (χ0n) is 78.9. The number of rotatable bonds is 10. The lowest BCUT2D eigenvalue weighted by Crippen LogP contribution is -2.15. The van der Waals surface area contributed by atoms with Crippen LogP contribution in [0.25, 0.3) is 238 Å². The van der Waals surface area contributed by atoms with Crippen molar-refractivity contribution >= 4 is 109 Å². The van der Waals surface area contributed by atoms with E-state index in [1.807, 2.05) is 79.4 Å². The van der Waals surface area contributed by atoms with Gasteiger partial charge in [0.25, 0.3) is 0 Å². The molecule has 12 nitrogen and oxygen atoms in total. The second kappa shape index (κ2) is 32.5. The lowest BCUT2D eigenvalue weighted by Gasteiger charge is -2.23. The predicted molar refractivity (Wildman–Crippen MR) is 583 cm³/mol. The van der Waals surface area contributed by atoms with Gasteiger partial charge in [-0.2, -0.15) is 0 Å². The molecule has 9 aromatic heterocycles. The van der Waals surface area contributed by atoms with Gasteiger partial charge in [0.1, 0.15) is 0 Å². The number of hydrogen-bond donors (Lipinski definition) is 0. The van der Waals surface area contributed by atoms with Crippen molar-refractivity contribution in [3.05, 3.63) is 471 Å². The highest BCUT2D eigenvalue weighted by Gasteiger charge is 2.44. The molecule has 142 heavy (non-hydrogen) atoms. The summed E-state index contributed by atoms with van der Waals surface area (Å²) in [6.07, 6.45) is 12.0. The Morgan fingerprint density at radius 1 is 0.218 bits per heavy atom. The Morgan fingerprint density at radius 2 is 0.542 bits per heavy atom. The molecule has 0 spiro atoms. The molecule has 26 aromatic rings. The first-order valence-corrected chi connectivity index (χ1v) is 48.6. The number of nitrogens with zero attached hydrogens (tertiary/aromatic N) is 12. The summed E-state index contributed by atoms with van der Waals surface area (Å²) in [6, 6.07) is 141. The summed E-state index contributed by atoms with van der Waals surface area (Å²) in [5, 5.41) is 15.8. The van der Waals surface area contributed by atoms with Crippen LogP contribution in [-0.4, -0.2) is 58.6 Å². The Bertz CT molecular complexity index is 9570. The van der Waals surface area contributed by atoms with Crippen LogP contribution in [-0.2, 0) is 16.2 Å². The Hall–Kier alpha value is -18.1. The summed E-state index contributed by atoms with van der Waals surface area (Å²) >= 11 is 0. The minimum atomic E-state index is -0.192. The van der Waals surface area contributed by atoms with Gasteiger partial charge in [0.05, 0.1) is 67.1 Å². The van der Waals surface area contributed by atoms with E-state index in [9.17, 15) is 0 Å². The van der Waals surface area contributed by atoms with E-state index in [2.05, 4.69) is 428 Å². The van der Waals surface area contributed by atoms with Crippen LogP contribution in [0, 0.1) is 0 Å². The molecule has 12 heteroatoms. The monoisotopic (exact) mass is 1820 g/mol. The Morgan fingerprint density at radius 3 is 0.965 bits per heavy atom. The Balaban J connectivity index is 0.000000107. The molecule has 0 fully saturated rings. The first-order chi connectivity index (χ1) is 69.8. The lowest BCUT2D eigenvalue weighted by atomic mass is 9.80. The van der Waals surface area contributed by atoms with Crippen molar-refractivity contribution in [2.75, 3.05) is 0 Å². The largest absolute Gasteiger partial charge is 0.309 e. The van der Waals surface area contributed by atoms with Crippen molar-refractivity contribution in [2.24, 2.45) is 0 Å². The zero-order chi connectivity index (χ0) is 94.8. The van der Waals surface area contributed by atoms with E-state index < -0.39 is 0 Å². The fourth-order valence-electron chi connectivity index (χ4n) is 23.8. The molecule has 0 atom stereocenters. The summed E-state index contributed by atoms with van der Waals surface area (Å²) in [4.78, 5) is 44.8. The van der Waals surface area contributed by atoms with Gasteiger partial charge in [-0.05, 0) is 145 Å². The molecule has 0 amide bonds. The van der Waals surface area contributed by atoms with Crippen LogP contribution in [0.4, 0.5) is 0 Å². The van der Waals surface area contributed by atoms with E-state index >= 15 is 0 Å². The van der Waals surface area contributed by atoms with Gasteiger partial charge in [0.2, 0.25) is 5.95 Å². The number of pyridine rings is 3. The average Bonchev–Trinajstić information content (AvgIpc) is 1.53. The Labute approximate surface area is 820 Å². The van der Waals surface area contributed by atoms with Gasteiger partial charge < -0.3 is 9.13 Å². The maximum Gasteiger partial charge on any atom is 0.235 e. The van der Waals surface area contributed by atoms with Gasteiger partial charge >= 0.3 is 0 Å². The van der Waals surface area contributed by atoms with Crippen LogP contribution in [0.15, 0.2) is 438 Å². The second-order valence-corrected chi connectivity index (χ2v) is 39.0. The molecule has 0 N–H and O–H groups in total. The molecule has 9 heterocycles. The van der Waals surface area contributed by atoms with Crippen LogP contribution >= 0.6 is 0 Å². The van der Waals surface area contributed by atoms with E-state index in [-0.39, 0.29) is 16.2 Å².